The van der Waals surface area contributed by atoms with Gasteiger partial charge >= 0.3 is 11.7 Å². The fourth-order valence-corrected chi connectivity index (χ4v) is 1.22. The summed E-state index contributed by atoms with van der Waals surface area (Å²) in [6.45, 7) is -0.0755. The summed E-state index contributed by atoms with van der Waals surface area (Å²) < 4.78 is 4.72. The third kappa shape index (κ3) is 3.28. The minimum Gasteiger partial charge on any atom is -0.480 e. The van der Waals surface area contributed by atoms with Gasteiger partial charge in [0.2, 0.25) is 5.82 Å². The number of nitrogens with one attached hydrogen (secondary N) is 1. The van der Waals surface area contributed by atoms with Crippen molar-refractivity contribution in [3.63, 3.8) is 0 Å². The number of aliphatic carboxylic acids is 1. The van der Waals surface area contributed by atoms with E-state index < -0.39 is 16.9 Å². The van der Waals surface area contributed by atoms with Gasteiger partial charge in [0.15, 0.2) is 0 Å². The molecule has 9 heteroatoms. The van der Waals surface area contributed by atoms with Crippen LogP contribution in [-0.4, -0.2) is 40.7 Å². The molecule has 4 N–H and O–H groups in total. The number of hydrogen-bond acceptors (Lipinski definition) is 7. The summed E-state index contributed by atoms with van der Waals surface area (Å²) in [4.78, 5) is 24.4. The van der Waals surface area contributed by atoms with Crippen LogP contribution >= 0.6 is 0 Å². The molecule has 0 radical (unpaired) electrons. The number of nitrogens with two attached hydrogens (primary N) is 1. The highest BCUT2D eigenvalue weighted by atomic mass is 16.6. The highest BCUT2D eigenvalue weighted by molar-refractivity contribution is 5.77. The van der Waals surface area contributed by atoms with Crippen molar-refractivity contribution in [2.24, 2.45) is 0 Å². The van der Waals surface area contributed by atoms with Gasteiger partial charge in [-0.2, -0.15) is 0 Å². The minimum absolute atomic E-state index is 0.0755. The summed E-state index contributed by atoms with van der Waals surface area (Å²) in [5, 5.41) is 21.9. The van der Waals surface area contributed by atoms with Gasteiger partial charge in [-0.3, -0.25) is 10.1 Å². The lowest BCUT2D eigenvalue weighted by atomic mass is 10.3. The normalized spacial score (nSPS) is 11.8. The Morgan fingerprint density at radius 3 is 2.83 bits per heavy atom. The molecule has 0 spiro atoms. The molecule has 1 rings (SSSR count). The van der Waals surface area contributed by atoms with E-state index in [2.05, 4.69) is 10.3 Å². The Balaban J connectivity index is 2.88. The molecule has 0 aliphatic heterocycles. The van der Waals surface area contributed by atoms with Crippen LogP contribution < -0.4 is 11.1 Å². The van der Waals surface area contributed by atoms with E-state index in [1.54, 1.807) is 0 Å². The fourth-order valence-electron chi connectivity index (χ4n) is 1.22. The first kappa shape index (κ1) is 13.6. The Labute approximate surface area is 102 Å². The van der Waals surface area contributed by atoms with Gasteiger partial charge in [0.25, 0.3) is 0 Å². The number of aromatic nitrogens is 1. The standard InChI is InChI=1S/C9H12N4O5/c1-18-4-5(9(14)15)11-7-3-2-6(13(16)17)8(10)12-7/h2-3,5H,4H2,1H3,(H,14,15)(H3,10,11,12). The first-order valence-electron chi connectivity index (χ1n) is 4.85. The number of carboxylic acids is 1. The van der Waals surface area contributed by atoms with Gasteiger partial charge in [-0.25, -0.2) is 9.78 Å². The smallest absolute Gasteiger partial charge is 0.328 e. The quantitative estimate of drug-likeness (QED) is 0.480. The van der Waals surface area contributed by atoms with Crippen molar-refractivity contribution in [3.05, 3.63) is 22.2 Å². The van der Waals surface area contributed by atoms with E-state index in [0.717, 1.165) is 6.07 Å². The van der Waals surface area contributed by atoms with Crippen LogP contribution in [0.1, 0.15) is 0 Å². The maximum atomic E-state index is 10.8. The average Bonchev–Trinajstić information content (AvgIpc) is 2.27. The van der Waals surface area contributed by atoms with E-state index in [-0.39, 0.29) is 23.9 Å². The zero-order valence-corrected chi connectivity index (χ0v) is 9.49. The average molecular weight is 256 g/mol. The van der Waals surface area contributed by atoms with Crippen LogP contribution in [0.4, 0.5) is 17.3 Å². The number of rotatable bonds is 6. The first-order valence-corrected chi connectivity index (χ1v) is 4.85. The molecule has 0 saturated carbocycles. The number of nitrogen functional groups attached to an aromatic ring is 1. The number of ether oxygens (including phenoxy) is 1. The number of pyridine rings is 1. The van der Waals surface area contributed by atoms with Crippen LogP contribution in [0, 0.1) is 10.1 Å². The summed E-state index contributed by atoms with van der Waals surface area (Å²) in [7, 11) is 1.36. The Hall–Kier alpha value is -2.42. The van der Waals surface area contributed by atoms with Crippen LogP contribution in [0.15, 0.2) is 12.1 Å². The number of methoxy groups -OCH3 is 1. The molecular formula is C9H12N4O5. The third-order valence-electron chi connectivity index (χ3n) is 2.05. The minimum atomic E-state index is -1.13. The van der Waals surface area contributed by atoms with Crippen molar-refractivity contribution in [1.29, 1.82) is 0 Å². The van der Waals surface area contributed by atoms with E-state index in [1.807, 2.05) is 0 Å². The van der Waals surface area contributed by atoms with E-state index in [9.17, 15) is 14.9 Å². The molecule has 1 atom stereocenters. The summed E-state index contributed by atoms with van der Waals surface area (Å²) >= 11 is 0. The number of carbonyl (C=O) groups is 1. The zero-order valence-electron chi connectivity index (χ0n) is 9.49. The van der Waals surface area contributed by atoms with Crippen molar-refractivity contribution in [1.82, 2.24) is 4.98 Å². The zero-order chi connectivity index (χ0) is 13.7. The molecule has 1 aromatic rings. The second-order valence-electron chi connectivity index (χ2n) is 3.35. The van der Waals surface area contributed by atoms with E-state index >= 15 is 0 Å². The molecule has 0 aromatic carbocycles. The van der Waals surface area contributed by atoms with Crippen LogP contribution in [0.5, 0.6) is 0 Å². The number of carboxylic acid groups (broad SMARTS) is 1. The Bertz CT molecular complexity index is 464. The van der Waals surface area contributed by atoms with Crippen LogP contribution in [0.2, 0.25) is 0 Å². The molecule has 0 amide bonds. The van der Waals surface area contributed by atoms with Crippen molar-refractivity contribution >= 4 is 23.3 Å². The second-order valence-corrected chi connectivity index (χ2v) is 3.35. The molecule has 1 heterocycles. The predicted molar refractivity (Wildman–Crippen MR) is 62.2 cm³/mol. The summed E-state index contributed by atoms with van der Waals surface area (Å²) in [6.07, 6.45) is 0. The molecule has 1 unspecified atom stereocenters. The monoisotopic (exact) mass is 256 g/mol. The van der Waals surface area contributed by atoms with Gasteiger partial charge in [0.1, 0.15) is 11.9 Å². The molecule has 9 nitrogen and oxygen atoms in total. The topological polar surface area (TPSA) is 141 Å². The predicted octanol–water partition coefficient (Wildman–Crippen LogP) is 0.0835. The van der Waals surface area contributed by atoms with Crippen LogP contribution in [0.25, 0.3) is 0 Å². The van der Waals surface area contributed by atoms with Gasteiger partial charge in [0.05, 0.1) is 11.5 Å². The Kier molecular flexibility index (Phi) is 4.38. The van der Waals surface area contributed by atoms with Crippen molar-refractivity contribution in [2.45, 2.75) is 6.04 Å². The molecule has 0 bridgehead atoms. The first-order chi connectivity index (χ1) is 8.45. The largest absolute Gasteiger partial charge is 0.480 e. The molecule has 18 heavy (non-hydrogen) atoms. The number of nitro groups is 1. The lowest BCUT2D eigenvalue weighted by Gasteiger charge is -2.13. The third-order valence-corrected chi connectivity index (χ3v) is 2.05. The lowest BCUT2D eigenvalue weighted by Crippen LogP contribution is -2.34. The van der Waals surface area contributed by atoms with Gasteiger partial charge in [-0.15, -0.1) is 0 Å². The Morgan fingerprint density at radius 2 is 2.39 bits per heavy atom. The van der Waals surface area contributed by atoms with Gasteiger partial charge in [-0.05, 0) is 6.07 Å². The summed E-state index contributed by atoms with van der Waals surface area (Å²) in [5.41, 5.74) is 5.04. The Morgan fingerprint density at radius 1 is 1.72 bits per heavy atom. The summed E-state index contributed by atoms with van der Waals surface area (Å²) in [5.74, 6) is -1.29. The maximum absolute atomic E-state index is 10.8. The van der Waals surface area contributed by atoms with E-state index in [1.165, 1.54) is 13.2 Å². The van der Waals surface area contributed by atoms with Crippen molar-refractivity contribution in [3.8, 4) is 0 Å². The highest BCUT2D eigenvalue weighted by Crippen LogP contribution is 2.20. The molecule has 0 aliphatic rings. The number of nitrogens with zero attached hydrogens (tertiary/aromatic N) is 2. The van der Waals surface area contributed by atoms with Gasteiger partial charge in [0, 0.05) is 13.2 Å². The summed E-state index contributed by atoms with van der Waals surface area (Å²) in [6, 6.07) is 1.42. The van der Waals surface area contributed by atoms with E-state index in [4.69, 9.17) is 15.6 Å². The molecule has 0 aliphatic carbocycles. The number of hydrogen-bond donors (Lipinski definition) is 3. The fraction of sp³-hybridized carbons (Fsp3) is 0.333. The molecule has 1 aromatic heterocycles. The van der Waals surface area contributed by atoms with Crippen LogP contribution in [-0.2, 0) is 9.53 Å². The van der Waals surface area contributed by atoms with Crippen LogP contribution in [0.3, 0.4) is 0 Å². The van der Waals surface area contributed by atoms with Gasteiger partial charge in [-0.1, -0.05) is 0 Å². The van der Waals surface area contributed by atoms with E-state index in [0.29, 0.717) is 0 Å². The van der Waals surface area contributed by atoms with Crippen molar-refractivity contribution in [2.75, 3.05) is 24.8 Å². The SMILES string of the molecule is COCC(Nc1ccc([N+](=O)[O-])c(N)n1)C(=O)O. The molecule has 0 fully saturated rings. The molecular weight excluding hydrogens is 244 g/mol. The van der Waals surface area contributed by atoms with Crippen molar-refractivity contribution < 1.29 is 19.6 Å². The second kappa shape index (κ2) is 5.77. The number of anilines is 2. The molecule has 98 valence electrons. The van der Waals surface area contributed by atoms with Gasteiger partial charge < -0.3 is 20.9 Å². The maximum Gasteiger partial charge on any atom is 0.328 e. The molecule has 0 saturated heterocycles. The lowest BCUT2D eigenvalue weighted by molar-refractivity contribution is -0.384. The highest BCUT2D eigenvalue weighted by Gasteiger charge is 2.19.